The SMILES string of the molecule is CCC(C)C(NC(=O)Nc1cccc(C(F)(F)F)c1)C(=O)N1CCN(C/C=C/c2ccccc2)CC1. The highest BCUT2D eigenvalue weighted by Gasteiger charge is 2.32. The fourth-order valence-electron chi connectivity index (χ4n) is 4.01. The molecule has 2 aromatic rings. The molecule has 1 aliphatic heterocycles. The van der Waals surface area contributed by atoms with E-state index >= 15 is 0 Å². The molecule has 1 saturated heterocycles. The molecule has 2 aromatic carbocycles. The second-order valence-corrected chi connectivity index (χ2v) is 8.98. The number of carbonyl (C=O) groups excluding carboxylic acids is 2. The second-order valence-electron chi connectivity index (χ2n) is 8.98. The third-order valence-corrected chi connectivity index (χ3v) is 6.37. The van der Waals surface area contributed by atoms with E-state index in [0.29, 0.717) is 32.6 Å². The Morgan fingerprint density at radius 2 is 1.72 bits per heavy atom. The van der Waals surface area contributed by atoms with Crippen molar-refractivity contribution in [2.45, 2.75) is 32.5 Å². The van der Waals surface area contributed by atoms with E-state index in [4.69, 9.17) is 0 Å². The van der Waals surface area contributed by atoms with Crippen LogP contribution < -0.4 is 10.6 Å². The number of piperazine rings is 1. The van der Waals surface area contributed by atoms with Gasteiger partial charge in [0.15, 0.2) is 0 Å². The maximum absolute atomic E-state index is 13.3. The molecular weight excluding hydrogens is 469 g/mol. The summed E-state index contributed by atoms with van der Waals surface area (Å²) in [5.74, 6) is -0.320. The lowest BCUT2D eigenvalue weighted by Gasteiger charge is -2.37. The lowest BCUT2D eigenvalue weighted by Crippen LogP contribution is -2.57. The molecule has 3 rings (SSSR count). The molecule has 36 heavy (non-hydrogen) atoms. The summed E-state index contributed by atoms with van der Waals surface area (Å²) in [6.45, 7) is 7.10. The Bertz CT molecular complexity index is 1030. The van der Waals surface area contributed by atoms with Gasteiger partial charge >= 0.3 is 12.2 Å². The van der Waals surface area contributed by atoms with Gasteiger partial charge in [-0.05, 0) is 29.7 Å². The molecule has 6 nitrogen and oxygen atoms in total. The number of rotatable bonds is 8. The number of nitrogens with zero attached hydrogens (tertiary/aromatic N) is 2. The second kappa shape index (κ2) is 12.6. The first-order valence-electron chi connectivity index (χ1n) is 12.1. The quantitative estimate of drug-likeness (QED) is 0.528. The third-order valence-electron chi connectivity index (χ3n) is 6.37. The Morgan fingerprint density at radius 3 is 2.36 bits per heavy atom. The fraction of sp³-hybridized carbons (Fsp3) is 0.407. The van der Waals surface area contributed by atoms with Crippen molar-refractivity contribution < 1.29 is 22.8 Å². The standard InChI is InChI=1S/C27H33F3N4O2/c1-3-20(2)24(32-26(36)31-23-13-7-12-22(19-23)27(28,29)30)25(35)34-17-15-33(16-18-34)14-8-11-21-9-5-4-6-10-21/h4-13,19-20,24H,3,14-18H2,1-2H3,(H2,31,32,36)/b11-8+. The maximum Gasteiger partial charge on any atom is 0.416 e. The van der Waals surface area contributed by atoms with E-state index in [1.165, 1.54) is 12.1 Å². The van der Waals surface area contributed by atoms with Crippen LogP contribution in [0, 0.1) is 5.92 Å². The minimum Gasteiger partial charge on any atom is -0.338 e. The number of halogens is 3. The summed E-state index contributed by atoms with van der Waals surface area (Å²) in [6, 6.07) is 13.0. The van der Waals surface area contributed by atoms with Crippen LogP contribution in [-0.4, -0.2) is 60.5 Å². The number of urea groups is 1. The van der Waals surface area contributed by atoms with Crippen LogP contribution in [0.3, 0.4) is 0 Å². The van der Waals surface area contributed by atoms with Crippen molar-refractivity contribution in [3.63, 3.8) is 0 Å². The number of hydrogen-bond donors (Lipinski definition) is 2. The van der Waals surface area contributed by atoms with Crippen LogP contribution in [0.4, 0.5) is 23.7 Å². The Balaban J connectivity index is 1.54. The van der Waals surface area contributed by atoms with Crippen LogP contribution >= 0.6 is 0 Å². The van der Waals surface area contributed by atoms with Gasteiger partial charge < -0.3 is 15.5 Å². The van der Waals surface area contributed by atoms with Gasteiger partial charge in [0.05, 0.1) is 5.56 Å². The number of alkyl halides is 3. The highest BCUT2D eigenvalue weighted by Crippen LogP contribution is 2.30. The van der Waals surface area contributed by atoms with Gasteiger partial charge in [-0.1, -0.05) is 68.8 Å². The topological polar surface area (TPSA) is 64.7 Å². The number of nitrogens with one attached hydrogen (secondary N) is 2. The first-order valence-corrected chi connectivity index (χ1v) is 12.1. The summed E-state index contributed by atoms with van der Waals surface area (Å²) >= 11 is 0. The van der Waals surface area contributed by atoms with Crippen molar-refractivity contribution in [1.29, 1.82) is 0 Å². The molecule has 3 amide bonds. The van der Waals surface area contributed by atoms with Crippen LogP contribution in [0.25, 0.3) is 6.08 Å². The average Bonchev–Trinajstić information content (AvgIpc) is 2.87. The third kappa shape index (κ3) is 7.84. The molecule has 0 bridgehead atoms. The summed E-state index contributed by atoms with van der Waals surface area (Å²) < 4.78 is 38.9. The van der Waals surface area contributed by atoms with E-state index in [2.05, 4.69) is 27.7 Å². The zero-order valence-corrected chi connectivity index (χ0v) is 20.6. The molecule has 9 heteroatoms. The lowest BCUT2D eigenvalue weighted by molar-refractivity contribution is -0.137. The fourth-order valence-corrected chi connectivity index (χ4v) is 4.01. The molecule has 1 fully saturated rings. The van der Waals surface area contributed by atoms with Crippen molar-refractivity contribution in [2.75, 3.05) is 38.0 Å². The van der Waals surface area contributed by atoms with Crippen LogP contribution in [0.15, 0.2) is 60.7 Å². The van der Waals surface area contributed by atoms with Crippen molar-refractivity contribution in [3.8, 4) is 0 Å². The smallest absolute Gasteiger partial charge is 0.338 e. The summed E-state index contributed by atoms with van der Waals surface area (Å²) in [6.07, 6.45) is 0.325. The first-order chi connectivity index (χ1) is 17.2. The molecule has 1 aliphatic rings. The minimum atomic E-state index is -4.51. The molecule has 2 N–H and O–H groups in total. The van der Waals surface area contributed by atoms with Crippen LogP contribution in [0.1, 0.15) is 31.4 Å². The van der Waals surface area contributed by atoms with Gasteiger partial charge in [-0.2, -0.15) is 13.2 Å². The van der Waals surface area contributed by atoms with Crippen LogP contribution in [0.5, 0.6) is 0 Å². The predicted octanol–water partition coefficient (Wildman–Crippen LogP) is 5.10. The zero-order chi connectivity index (χ0) is 26.1. The van der Waals surface area contributed by atoms with Gasteiger partial charge in [0.1, 0.15) is 6.04 Å². The molecule has 2 unspecified atom stereocenters. The summed E-state index contributed by atoms with van der Waals surface area (Å²) in [5.41, 5.74) is 0.290. The first kappa shape index (κ1) is 27.3. The van der Waals surface area contributed by atoms with E-state index in [9.17, 15) is 22.8 Å². The minimum absolute atomic E-state index is 0.00912. The molecule has 0 saturated carbocycles. The average molecular weight is 503 g/mol. The molecule has 0 spiro atoms. The zero-order valence-electron chi connectivity index (χ0n) is 20.6. The van der Waals surface area contributed by atoms with E-state index in [1.807, 2.05) is 44.2 Å². The van der Waals surface area contributed by atoms with Crippen molar-refractivity contribution >= 4 is 23.7 Å². The number of benzene rings is 2. The van der Waals surface area contributed by atoms with Gasteiger partial charge in [-0.15, -0.1) is 0 Å². The molecule has 1 heterocycles. The van der Waals surface area contributed by atoms with Gasteiger partial charge in [0.2, 0.25) is 5.91 Å². The lowest BCUT2D eigenvalue weighted by atomic mass is 9.97. The molecule has 0 aliphatic carbocycles. The molecular formula is C27H33F3N4O2. The van der Waals surface area contributed by atoms with Crippen molar-refractivity contribution in [3.05, 3.63) is 71.8 Å². The maximum atomic E-state index is 13.3. The van der Waals surface area contributed by atoms with Crippen molar-refractivity contribution in [2.24, 2.45) is 5.92 Å². The number of amides is 3. The van der Waals surface area contributed by atoms with E-state index in [-0.39, 0.29) is 17.5 Å². The van der Waals surface area contributed by atoms with Crippen molar-refractivity contribution in [1.82, 2.24) is 15.1 Å². The number of carbonyl (C=O) groups is 2. The summed E-state index contributed by atoms with van der Waals surface area (Å²) in [7, 11) is 0. The molecule has 194 valence electrons. The predicted molar refractivity (Wildman–Crippen MR) is 135 cm³/mol. The Morgan fingerprint density at radius 1 is 1.03 bits per heavy atom. The number of anilines is 1. The van der Waals surface area contributed by atoms with Gasteiger partial charge in [-0.3, -0.25) is 9.69 Å². The largest absolute Gasteiger partial charge is 0.416 e. The Kier molecular flexibility index (Phi) is 9.52. The van der Waals surface area contributed by atoms with E-state index in [0.717, 1.165) is 24.2 Å². The van der Waals surface area contributed by atoms with E-state index in [1.54, 1.807) is 4.90 Å². The molecule has 0 radical (unpaired) electrons. The van der Waals surface area contributed by atoms with Crippen LogP contribution in [0.2, 0.25) is 0 Å². The number of hydrogen-bond acceptors (Lipinski definition) is 3. The summed E-state index contributed by atoms with van der Waals surface area (Å²) in [4.78, 5) is 29.9. The van der Waals surface area contributed by atoms with Gasteiger partial charge in [0, 0.05) is 38.4 Å². The van der Waals surface area contributed by atoms with Crippen LogP contribution in [-0.2, 0) is 11.0 Å². The highest BCUT2D eigenvalue weighted by atomic mass is 19.4. The van der Waals surface area contributed by atoms with Gasteiger partial charge in [0.25, 0.3) is 0 Å². The monoisotopic (exact) mass is 502 g/mol. The van der Waals surface area contributed by atoms with E-state index < -0.39 is 23.8 Å². The highest BCUT2D eigenvalue weighted by molar-refractivity contribution is 5.94. The molecule has 0 aromatic heterocycles. The summed E-state index contributed by atoms with van der Waals surface area (Å²) in [5, 5.41) is 5.12. The Hall–Kier alpha value is -3.33. The Labute approximate surface area is 210 Å². The molecule has 2 atom stereocenters. The van der Waals surface area contributed by atoms with Gasteiger partial charge in [-0.25, -0.2) is 4.79 Å². The normalized spacial score (nSPS) is 16.5.